The number of halogens is 1. The molecule has 0 aromatic heterocycles. The van der Waals surface area contributed by atoms with E-state index < -0.39 is 12.0 Å². The Kier molecular flexibility index (Phi) is 10.1. The maximum absolute atomic E-state index is 12.2. The highest BCUT2D eigenvalue weighted by molar-refractivity contribution is 5.95. The van der Waals surface area contributed by atoms with Crippen molar-refractivity contribution in [3.63, 3.8) is 0 Å². The number of nitrogens with two attached hydrogens (primary N) is 1. The molecule has 0 aliphatic rings. The largest absolute Gasteiger partial charge is 0.491 e. The molecule has 0 radical (unpaired) electrons. The van der Waals surface area contributed by atoms with Gasteiger partial charge in [-0.05, 0) is 54.3 Å². The highest BCUT2D eigenvalue weighted by Crippen LogP contribution is 2.34. The quantitative estimate of drug-likeness (QED) is 0.271. The first kappa shape index (κ1) is 25.3. The molecule has 2 aromatic rings. The number of aliphatic hydroxyl groups is 1. The summed E-state index contributed by atoms with van der Waals surface area (Å²) in [7, 11) is 0. The van der Waals surface area contributed by atoms with Gasteiger partial charge in [0.05, 0.1) is 6.61 Å². The Labute approximate surface area is 183 Å². The van der Waals surface area contributed by atoms with Crippen molar-refractivity contribution in [1.29, 1.82) is 5.41 Å². The van der Waals surface area contributed by atoms with Crippen LogP contribution in [0, 0.1) is 5.41 Å². The van der Waals surface area contributed by atoms with Crippen LogP contribution in [-0.2, 0) is 17.6 Å². The summed E-state index contributed by atoms with van der Waals surface area (Å²) < 4.78 is 5.79. The lowest BCUT2D eigenvalue weighted by molar-refractivity contribution is -0.138. The molecule has 7 nitrogen and oxygen atoms in total. The summed E-state index contributed by atoms with van der Waals surface area (Å²) in [6.45, 7) is 4.01. The molecular formula is C22H30ClN3O4. The van der Waals surface area contributed by atoms with Crippen molar-refractivity contribution in [2.45, 2.75) is 39.2 Å². The van der Waals surface area contributed by atoms with E-state index in [1.54, 1.807) is 24.3 Å². The van der Waals surface area contributed by atoms with E-state index in [2.05, 4.69) is 12.2 Å². The van der Waals surface area contributed by atoms with Crippen LogP contribution in [0.1, 0.15) is 48.6 Å². The number of aliphatic hydroxyl groups excluding tert-OH is 1. The SMILES string of the molecule is CCCc1cc(CC)cc(C(Nc2ccc(C(=N)N)cc2)C(=O)O)c1OCCO.Cl. The Hall–Kier alpha value is -2.77. The molecule has 30 heavy (non-hydrogen) atoms. The average molecular weight is 436 g/mol. The number of carbonyl (C=O) groups is 1. The van der Waals surface area contributed by atoms with E-state index in [-0.39, 0.29) is 31.5 Å². The molecule has 0 saturated heterocycles. The fourth-order valence-electron chi connectivity index (χ4n) is 3.16. The van der Waals surface area contributed by atoms with Gasteiger partial charge in [0.15, 0.2) is 6.04 Å². The third-order valence-corrected chi connectivity index (χ3v) is 4.58. The lowest BCUT2D eigenvalue weighted by atomic mass is 9.95. The molecule has 1 atom stereocenters. The van der Waals surface area contributed by atoms with Crippen molar-refractivity contribution in [2.24, 2.45) is 5.73 Å². The predicted molar refractivity (Wildman–Crippen MR) is 121 cm³/mol. The summed E-state index contributed by atoms with van der Waals surface area (Å²) in [5, 5.41) is 29.7. The molecule has 0 amide bonds. The van der Waals surface area contributed by atoms with Crippen molar-refractivity contribution in [3.05, 3.63) is 58.7 Å². The zero-order valence-corrected chi connectivity index (χ0v) is 18.1. The Balaban J connectivity index is 0.00000450. The number of nitrogen functional groups attached to an aromatic ring is 1. The third kappa shape index (κ3) is 6.37. The first-order valence-electron chi connectivity index (χ1n) is 9.74. The molecule has 1 unspecified atom stereocenters. The average Bonchev–Trinajstić information content (AvgIpc) is 2.71. The molecule has 8 heteroatoms. The van der Waals surface area contributed by atoms with E-state index in [9.17, 15) is 15.0 Å². The molecule has 0 bridgehead atoms. The highest BCUT2D eigenvalue weighted by atomic mass is 35.5. The Morgan fingerprint density at radius 1 is 1.23 bits per heavy atom. The summed E-state index contributed by atoms with van der Waals surface area (Å²) in [6.07, 6.45) is 2.41. The normalized spacial score (nSPS) is 11.3. The number of amidine groups is 1. The van der Waals surface area contributed by atoms with Gasteiger partial charge in [-0.3, -0.25) is 5.41 Å². The lowest BCUT2D eigenvalue weighted by Crippen LogP contribution is -2.23. The van der Waals surface area contributed by atoms with Crippen LogP contribution in [0.25, 0.3) is 0 Å². The van der Waals surface area contributed by atoms with Crippen molar-refractivity contribution < 1.29 is 19.7 Å². The second-order valence-electron chi connectivity index (χ2n) is 6.76. The zero-order chi connectivity index (χ0) is 21.4. The van der Waals surface area contributed by atoms with Gasteiger partial charge in [-0.15, -0.1) is 12.4 Å². The van der Waals surface area contributed by atoms with E-state index in [0.29, 0.717) is 22.6 Å². The standard InChI is InChI=1S/C22H29N3O4.ClH/c1-3-5-16-12-14(4-2)13-18(20(16)29-11-10-26)19(22(27)28)25-17-8-6-15(7-9-17)21(23)24;/h6-9,12-13,19,25-26H,3-5,10-11H2,1-2H3,(H3,23,24)(H,27,28);1H. The zero-order valence-electron chi connectivity index (χ0n) is 17.3. The molecular weight excluding hydrogens is 406 g/mol. The molecule has 0 spiro atoms. The number of nitrogens with one attached hydrogen (secondary N) is 2. The topological polar surface area (TPSA) is 129 Å². The minimum atomic E-state index is -1.04. The number of aryl methyl sites for hydroxylation is 2. The van der Waals surface area contributed by atoms with Crippen molar-refractivity contribution in [2.75, 3.05) is 18.5 Å². The Morgan fingerprint density at radius 2 is 1.90 bits per heavy atom. The third-order valence-electron chi connectivity index (χ3n) is 4.58. The van der Waals surface area contributed by atoms with E-state index >= 15 is 0 Å². The number of anilines is 1. The number of rotatable bonds is 11. The van der Waals surface area contributed by atoms with Crippen LogP contribution < -0.4 is 15.8 Å². The molecule has 0 heterocycles. The van der Waals surface area contributed by atoms with Crippen molar-refractivity contribution >= 4 is 29.9 Å². The predicted octanol–water partition coefficient (Wildman–Crippen LogP) is 3.52. The highest BCUT2D eigenvalue weighted by Gasteiger charge is 2.26. The summed E-state index contributed by atoms with van der Waals surface area (Å²) in [5.41, 5.74) is 9.13. The fourth-order valence-corrected chi connectivity index (χ4v) is 3.16. The first-order chi connectivity index (χ1) is 13.9. The van der Waals surface area contributed by atoms with Crippen LogP contribution in [0.2, 0.25) is 0 Å². The summed E-state index contributed by atoms with van der Waals surface area (Å²) >= 11 is 0. The van der Waals surface area contributed by atoms with Gasteiger partial charge >= 0.3 is 5.97 Å². The number of aliphatic carboxylic acids is 1. The maximum Gasteiger partial charge on any atom is 0.330 e. The molecule has 6 N–H and O–H groups in total. The number of ether oxygens (including phenoxy) is 1. The number of hydrogen-bond donors (Lipinski definition) is 5. The second kappa shape index (κ2) is 12.0. The minimum absolute atomic E-state index is 0. The smallest absolute Gasteiger partial charge is 0.330 e. The number of hydrogen-bond acceptors (Lipinski definition) is 5. The van der Waals surface area contributed by atoms with E-state index in [1.807, 2.05) is 19.1 Å². The van der Waals surface area contributed by atoms with Gasteiger partial charge in [0.25, 0.3) is 0 Å². The molecule has 0 fully saturated rings. The van der Waals surface area contributed by atoms with Gasteiger partial charge in [0, 0.05) is 16.8 Å². The van der Waals surface area contributed by atoms with Crippen LogP contribution in [0.4, 0.5) is 5.69 Å². The van der Waals surface area contributed by atoms with Gasteiger partial charge in [0.1, 0.15) is 18.2 Å². The molecule has 0 saturated carbocycles. The Morgan fingerprint density at radius 3 is 2.40 bits per heavy atom. The number of carboxylic acid groups (broad SMARTS) is 1. The summed E-state index contributed by atoms with van der Waals surface area (Å²) in [5.74, 6) is -0.575. The van der Waals surface area contributed by atoms with Gasteiger partial charge in [-0.2, -0.15) is 0 Å². The van der Waals surface area contributed by atoms with E-state index in [0.717, 1.165) is 30.4 Å². The van der Waals surface area contributed by atoms with E-state index in [1.165, 1.54) is 0 Å². The number of benzene rings is 2. The molecule has 2 aromatic carbocycles. The summed E-state index contributed by atoms with van der Waals surface area (Å²) in [4.78, 5) is 12.2. The maximum atomic E-state index is 12.2. The van der Waals surface area contributed by atoms with Crippen LogP contribution in [0.15, 0.2) is 36.4 Å². The first-order valence-corrected chi connectivity index (χ1v) is 9.74. The monoisotopic (exact) mass is 435 g/mol. The van der Waals surface area contributed by atoms with Crippen LogP contribution in [-0.4, -0.2) is 35.2 Å². The van der Waals surface area contributed by atoms with Gasteiger partial charge < -0.3 is 26.0 Å². The van der Waals surface area contributed by atoms with Crippen molar-refractivity contribution in [1.82, 2.24) is 0 Å². The molecule has 2 rings (SSSR count). The molecule has 0 aliphatic carbocycles. The van der Waals surface area contributed by atoms with Crippen LogP contribution in [0.5, 0.6) is 5.75 Å². The second-order valence-corrected chi connectivity index (χ2v) is 6.76. The van der Waals surface area contributed by atoms with Crippen LogP contribution >= 0.6 is 12.4 Å². The lowest BCUT2D eigenvalue weighted by Gasteiger charge is -2.23. The van der Waals surface area contributed by atoms with Gasteiger partial charge in [-0.1, -0.05) is 26.3 Å². The molecule has 164 valence electrons. The van der Waals surface area contributed by atoms with E-state index in [4.69, 9.17) is 15.9 Å². The van der Waals surface area contributed by atoms with Gasteiger partial charge in [0.2, 0.25) is 0 Å². The van der Waals surface area contributed by atoms with Gasteiger partial charge in [-0.25, -0.2) is 4.79 Å². The van der Waals surface area contributed by atoms with Crippen LogP contribution in [0.3, 0.4) is 0 Å². The summed E-state index contributed by atoms with van der Waals surface area (Å²) in [6, 6.07) is 9.57. The van der Waals surface area contributed by atoms with Crippen molar-refractivity contribution in [3.8, 4) is 5.75 Å². The molecule has 0 aliphatic heterocycles. The Bertz CT molecular complexity index is 856. The number of carboxylic acids is 1. The minimum Gasteiger partial charge on any atom is -0.491 e. The fraction of sp³-hybridized carbons (Fsp3) is 0.364.